The van der Waals surface area contributed by atoms with Crippen LogP contribution in [0.5, 0.6) is 0 Å². The third-order valence-electron chi connectivity index (χ3n) is 3.87. The van der Waals surface area contributed by atoms with Crippen LogP contribution in [0.25, 0.3) is 0 Å². The van der Waals surface area contributed by atoms with Crippen LogP contribution in [0.4, 0.5) is 17.5 Å². The SMILES string of the molecule is Cc1ccc(Nc2ccnc(NCCCc3ccccc3)n2)cc1Br. The molecule has 2 N–H and O–H groups in total. The van der Waals surface area contributed by atoms with Crippen LogP contribution in [0.2, 0.25) is 0 Å². The summed E-state index contributed by atoms with van der Waals surface area (Å²) in [6.07, 6.45) is 3.84. The monoisotopic (exact) mass is 396 g/mol. The molecule has 128 valence electrons. The van der Waals surface area contributed by atoms with Crippen molar-refractivity contribution in [3.8, 4) is 0 Å². The first-order chi connectivity index (χ1) is 12.2. The fourth-order valence-corrected chi connectivity index (χ4v) is 2.85. The van der Waals surface area contributed by atoms with Crippen molar-refractivity contribution in [1.82, 2.24) is 9.97 Å². The van der Waals surface area contributed by atoms with E-state index in [0.717, 1.165) is 35.4 Å². The molecule has 0 spiro atoms. The van der Waals surface area contributed by atoms with Gasteiger partial charge < -0.3 is 10.6 Å². The second-order valence-corrected chi connectivity index (χ2v) is 6.72. The molecule has 0 radical (unpaired) electrons. The number of nitrogens with zero attached hydrogens (tertiary/aromatic N) is 2. The number of anilines is 3. The molecule has 5 heteroatoms. The van der Waals surface area contributed by atoms with Gasteiger partial charge in [0, 0.05) is 22.9 Å². The van der Waals surface area contributed by atoms with Crippen LogP contribution in [0.15, 0.2) is 65.3 Å². The number of rotatable bonds is 7. The number of nitrogens with one attached hydrogen (secondary N) is 2. The van der Waals surface area contributed by atoms with Crippen molar-refractivity contribution in [1.29, 1.82) is 0 Å². The van der Waals surface area contributed by atoms with Gasteiger partial charge in [-0.15, -0.1) is 0 Å². The van der Waals surface area contributed by atoms with E-state index >= 15 is 0 Å². The molecule has 2 aromatic carbocycles. The van der Waals surface area contributed by atoms with Crippen LogP contribution in [0.3, 0.4) is 0 Å². The Morgan fingerprint density at radius 1 is 1.04 bits per heavy atom. The molecule has 0 saturated heterocycles. The van der Waals surface area contributed by atoms with Crippen LogP contribution < -0.4 is 10.6 Å². The molecular weight excluding hydrogens is 376 g/mol. The topological polar surface area (TPSA) is 49.8 Å². The zero-order valence-corrected chi connectivity index (χ0v) is 15.8. The summed E-state index contributed by atoms with van der Waals surface area (Å²) in [5.41, 5.74) is 3.55. The summed E-state index contributed by atoms with van der Waals surface area (Å²) in [6.45, 7) is 2.91. The molecule has 25 heavy (non-hydrogen) atoms. The minimum absolute atomic E-state index is 0.643. The van der Waals surface area contributed by atoms with Crippen LogP contribution in [-0.2, 0) is 6.42 Å². The highest BCUT2D eigenvalue weighted by Gasteiger charge is 2.02. The molecule has 0 aliphatic heterocycles. The summed E-state index contributed by atoms with van der Waals surface area (Å²) < 4.78 is 1.07. The number of benzene rings is 2. The lowest BCUT2D eigenvalue weighted by molar-refractivity contribution is 0.853. The minimum Gasteiger partial charge on any atom is -0.354 e. The summed E-state index contributed by atoms with van der Waals surface area (Å²) in [5, 5.41) is 6.60. The molecule has 4 nitrogen and oxygen atoms in total. The average molecular weight is 397 g/mol. The van der Waals surface area contributed by atoms with E-state index in [4.69, 9.17) is 0 Å². The molecule has 3 rings (SSSR count). The lowest BCUT2D eigenvalue weighted by Gasteiger charge is -2.09. The van der Waals surface area contributed by atoms with Gasteiger partial charge in [0.1, 0.15) is 5.82 Å². The van der Waals surface area contributed by atoms with Gasteiger partial charge in [-0.3, -0.25) is 0 Å². The number of aryl methyl sites for hydroxylation is 2. The second kappa shape index (κ2) is 8.62. The van der Waals surface area contributed by atoms with E-state index in [0.29, 0.717) is 5.95 Å². The number of halogens is 1. The quantitative estimate of drug-likeness (QED) is 0.529. The Hall–Kier alpha value is -2.40. The largest absolute Gasteiger partial charge is 0.354 e. The average Bonchev–Trinajstić information content (AvgIpc) is 2.63. The van der Waals surface area contributed by atoms with Crippen molar-refractivity contribution >= 4 is 33.4 Å². The zero-order chi connectivity index (χ0) is 17.5. The van der Waals surface area contributed by atoms with Gasteiger partial charge in [0.15, 0.2) is 0 Å². The van der Waals surface area contributed by atoms with Crippen LogP contribution in [0, 0.1) is 6.92 Å². The Balaban J connectivity index is 1.53. The lowest BCUT2D eigenvalue weighted by atomic mass is 10.1. The molecular formula is C20H21BrN4. The highest BCUT2D eigenvalue weighted by molar-refractivity contribution is 9.10. The molecule has 0 aliphatic rings. The van der Waals surface area contributed by atoms with E-state index in [1.807, 2.05) is 24.3 Å². The van der Waals surface area contributed by atoms with Crippen molar-refractivity contribution in [2.75, 3.05) is 17.2 Å². The molecule has 0 aliphatic carbocycles. The Kier molecular flexibility index (Phi) is 6.01. The molecule has 0 atom stereocenters. The fourth-order valence-electron chi connectivity index (χ4n) is 2.47. The summed E-state index contributed by atoms with van der Waals surface area (Å²) in [4.78, 5) is 8.80. The van der Waals surface area contributed by atoms with Gasteiger partial charge in [0.05, 0.1) is 0 Å². The van der Waals surface area contributed by atoms with E-state index in [-0.39, 0.29) is 0 Å². The first-order valence-corrected chi connectivity index (χ1v) is 9.14. The Bertz CT molecular complexity index is 821. The maximum absolute atomic E-state index is 4.52. The number of aromatic nitrogens is 2. The summed E-state index contributed by atoms with van der Waals surface area (Å²) >= 11 is 3.55. The molecule has 3 aromatic rings. The summed E-state index contributed by atoms with van der Waals surface area (Å²) in [6, 6.07) is 18.5. The lowest BCUT2D eigenvalue weighted by Crippen LogP contribution is -2.07. The van der Waals surface area contributed by atoms with Gasteiger partial charge in [0.2, 0.25) is 5.95 Å². The standard InChI is InChI=1S/C20H21BrN4/c1-15-9-10-17(14-18(15)21)24-19-11-13-23-20(25-19)22-12-5-8-16-6-3-2-4-7-16/h2-4,6-7,9-11,13-14H,5,8,12H2,1H3,(H2,22,23,24,25). The van der Waals surface area contributed by atoms with Gasteiger partial charge >= 0.3 is 0 Å². The molecule has 0 fully saturated rings. The van der Waals surface area contributed by atoms with Gasteiger partial charge in [-0.05, 0) is 49.1 Å². The Morgan fingerprint density at radius 2 is 1.88 bits per heavy atom. The predicted octanol–water partition coefficient (Wildman–Crippen LogP) is 5.34. The fraction of sp³-hybridized carbons (Fsp3) is 0.200. The van der Waals surface area contributed by atoms with Crippen molar-refractivity contribution < 1.29 is 0 Å². The Morgan fingerprint density at radius 3 is 2.68 bits per heavy atom. The van der Waals surface area contributed by atoms with Crippen LogP contribution in [0.1, 0.15) is 17.5 Å². The highest BCUT2D eigenvalue weighted by Crippen LogP contribution is 2.23. The first kappa shape index (κ1) is 17.4. The van der Waals surface area contributed by atoms with Crippen LogP contribution in [-0.4, -0.2) is 16.5 Å². The maximum atomic E-state index is 4.52. The Labute approximate surface area is 156 Å². The first-order valence-electron chi connectivity index (χ1n) is 8.35. The van der Waals surface area contributed by atoms with Gasteiger partial charge in [-0.2, -0.15) is 4.98 Å². The third-order valence-corrected chi connectivity index (χ3v) is 4.72. The van der Waals surface area contributed by atoms with Crippen LogP contribution >= 0.6 is 15.9 Å². The summed E-state index contributed by atoms with van der Waals surface area (Å²) in [7, 11) is 0. The normalized spacial score (nSPS) is 10.5. The maximum Gasteiger partial charge on any atom is 0.224 e. The minimum atomic E-state index is 0.643. The second-order valence-electron chi connectivity index (χ2n) is 5.87. The molecule has 0 unspecified atom stereocenters. The highest BCUT2D eigenvalue weighted by atomic mass is 79.9. The molecule has 0 amide bonds. The van der Waals surface area contributed by atoms with Gasteiger partial charge in [-0.25, -0.2) is 4.98 Å². The van der Waals surface area contributed by atoms with Gasteiger partial charge in [0.25, 0.3) is 0 Å². The number of hydrogen-bond donors (Lipinski definition) is 2. The van der Waals surface area contributed by atoms with E-state index in [1.165, 1.54) is 11.1 Å². The predicted molar refractivity (Wildman–Crippen MR) is 107 cm³/mol. The van der Waals surface area contributed by atoms with Crippen molar-refractivity contribution in [2.45, 2.75) is 19.8 Å². The van der Waals surface area contributed by atoms with Crippen molar-refractivity contribution in [3.63, 3.8) is 0 Å². The van der Waals surface area contributed by atoms with E-state index in [9.17, 15) is 0 Å². The van der Waals surface area contributed by atoms with E-state index in [1.54, 1.807) is 6.20 Å². The van der Waals surface area contributed by atoms with Gasteiger partial charge in [-0.1, -0.05) is 52.3 Å². The molecule has 0 bridgehead atoms. The molecule has 0 saturated carbocycles. The number of hydrogen-bond acceptors (Lipinski definition) is 4. The summed E-state index contributed by atoms with van der Waals surface area (Å²) in [5.74, 6) is 1.42. The smallest absolute Gasteiger partial charge is 0.224 e. The molecule has 1 heterocycles. The van der Waals surface area contributed by atoms with E-state index < -0.39 is 0 Å². The van der Waals surface area contributed by atoms with Crippen molar-refractivity contribution in [2.24, 2.45) is 0 Å². The zero-order valence-electron chi connectivity index (χ0n) is 14.2. The third kappa shape index (κ3) is 5.29. The molecule has 1 aromatic heterocycles. The van der Waals surface area contributed by atoms with E-state index in [2.05, 4.69) is 73.8 Å². The van der Waals surface area contributed by atoms with Crippen molar-refractivity contribution in [3.05, 3.63) is 76.4 Å².